The lowest BCUT2D eigenvalue weighted by atomic mass is 10.1. The number of hydrogen-bond donors (Lipinski definition) is 1. The van der Waals surface area contributed by atoms with Crippen LogP contribution in [0.25, 0.3) is 0 Å². The molecular weight excluding hydrogens is 404 g/mol. The number of Topliss-reactive ketones (excluding diaryl/α,β-unsaturated/α-hetero) is 1. The standard InChI is InChI=1S/C22H22N2O5S/c1-15-12-20(16(2)24(15)3)21(25)14-29-22(26)17-8-7-9-18(13-17)23-30(27,28)19-10-5-4-6-11-19/h4-13,23H,14H2,1-3H3. The van der Waals surface area contributed by atoms with E-state index in [0.29, 0.717) is 5.56 Å². The van der Waals surface area contributed by atoms with E-state index in [2.05, 4.69) is 4.72 Å². The molecule has 0 unspecified atom stereocenters. The first-order chi connectivity index (χ1) is 14.2. The van der Waals surface area contributed by atoms with Crippen LogP contribution in [0.1, 0.15) is 32.1 Å². The average Bonchev–Trinajstić information content (AvgIpc) is 2.99. The van der Waals surface area contributed by atoms with Crippen LogP contribution < -0.4 is 4.72 Å². The lowest BCUT2D eigenvalue weighted by Gasteiger charge is -2.09. The minimum absolute atomic E-state index is 0.108. The van der Waals surface area contributed by atoms with E-state index in [0.717, 1.165) is 11.4 Å². The molecule has 0 saturated carbocycles. The fraction of sp³-hybridized carbons (Fsp3) is 0.182. The number of hydrogen-bond acceptors (Lipinski definition) is 5. The van der Waals surface area contributed by atoms with Crippen LogP contribution in [0.2, 0.25) is 0 Å². The normalized spacial score (nSPS) is 11.2. The Morgan fingerprint density at radius 3 is 2.33 bits per heavy atom. The lowest BCUT2D eigenvalue weighted by molar-refractivity contribution is 0.0474. The molecule has 156 valence electrons. The number of ether oxygens (including phenoxy) is 1. The Morgan fingerprint density at radius 1 is 1.00 bits per heavy atom. The summed E-state index contributed by atoms with van der Waals surface area (Å²) < 4.78 is 34.3. The van der Waals surface area contributed by atoms with Crippen molar-refractivity contribution in [3.8, 4) is 0 Å². The summed E-state index contributed by atoms with van der Waals surface area (Å²) in [5.74, 6) is -1.01. The van der Waals surface area contributed by atoms with E-state index < -0.39 is 22.6 Å². The predicted octanol–water partition coefficient (Wildman–Crippen LogP) is 3.48. The first kappa shape index (κ1) is 21.3. The molecule has 0 aliphatic heterocycles. The van der Waals surface area contributed by atoms with Crippen molar-refractivity contribution in [2.75, 3.05) is 11.3 Å². The van der Waals surface area contributed by atoms with Gasteiger partial charge in [0.25, 0.3) is 10.0 Å². The molecule has 3 aromatic rings. The van der Waals surface area contributed by atoms with Gasteiger partial charge in [-0.15, -0.1) is 0 Å². The Balaban J connectivity index is 1.69. The molecule has 3 rings (SSSR count). The zero-order valence-corrected chi connectivity index (χ0v) is 17.7. The van der Waals surface area contributed by atoms with Crippen LogP contribution >= 0.6 is 0 Å². The Morgan fingerprint density at radius 2 is 1.70 bits per heavy atom. The zero-order valence-electron chi connectivity index (χ0n) is 16.9. The third-order valence-corrected chi connectivity index (χ3v) is 6.21. The van der Waals surface area contributed by atoms with Crippen LogP contribution in [0.3, 0.4) is 0 Å². The average molecular weight is 426 g/mol. The minimum atomic E-state index is -3.78. The molecule has 30 heavy (non-hydrogen) atoms. The summed E-state index contributed by atoms with van der Waals surface area (Å²) in [6.45, 7) is 3.31. The molecule has 0 bridgehead atoms. The number of rotatable bonds is 7. The van der Waals surface area contributed by atoms with Crippen LogP contribution in [0.5, 0.6) is 0 Å². The van der Waals surface area contributed by atoms with Crippen molar-refractivity contribution in [1.29, 1.82) is 0 Å². The monoisotopic (exact) mass is 426 g/mol. The number of carbonyl (C=O) groups excluding carboxylic acids is 2. The van der Waals surface area contributed by atoms with E-state index in [4.69, 9.17) is 4.74 Å². The largest absolute Gasteiger partial charge is 0.454 e. The molecule has 0 spiro atoms. The van der Waals surface area contributed by atoms with E-state index in [1.807, 2.05) is 25.5 Å². The van der Waals surface area contributed by atoms with Crippen LogP contribution in [-0.2, 0) is 21.8 Å². The topological polar surface area (TPSA) is 94.5 Å². The van der Waals surface area contributed by atoms with Gasteiger partial charge >= 0.3 is 5.97 Å². The number of nitrogens with zero attached hydrogens (tertiary/aromatic N) is 1. The number of aromatic nitrogens is 1. The minimum Gasteiger partial charge on any atom is -0.454 e. The van der Waals surface area contributed by atoms with Gasteiger partial charge in [0, 0.05) is 29.7 Å². The van der Waals surface area contributed by atoms with Gasteiger partial charge in [0.1, 0.15) is 0 Å². The van der Waals surface area contributed by atoms with Gasteiger partial charge in [0.05, 0.1) is 10.5 Å². The maximum absolute atomic E-state index is 12.4. The van der Waals surface area contributed by atoms with Crippen molar-refractivity contribution >= 4 is 27.5 Å². The Kier molecular flexibility index (Phi) is 6.07. The third kappa shape index (κ3) is 4.60. The zero-order chi connectivity index (χ0) is 21.9. The van der Waals surface area contributed by atoms with Gasteiger partial charge in [0.2, 0.25) is 5.78 Å². The Bertz CT molecular complexity index is 1200. The van der Waals surface area contributed by atoms with E-state index >= 15 is 0 Å². The number of anilines is 1. The molecule has 0 aliphatic rings. The van der Waals surface area contributed by atoms with Gasteiger partial charge in [-0.05, 0) is 50.2 Å². The quantitative estimate of drug-likeness (QED) is 0.461. The van der Waals surface area contributed by atoms with E-state index in [1.54, 1.807) is 24.3 Å². The van der Waals surface area contributed by atoms with Gasteiger partial charge in [-0.3, -0.25) is 9.52 Å². The summed E-state index contributed by atoms with van der Waals surface area (Å²) in [5, 5.41) is 0. The molecule has 0 saturated heterocycles. The molecule has 0 atom stereocenters. The molecule has 0 radical (unpaired) electrons. The second kappa shape index (κ2) is 8.54. The maximum atomic E-state index is 12.4. The van der Waals surface area contributed by atoms with Crippen molar-refractivity contribution in [2.45, 2.75) is 18.7 Å². The molecule has 8 heteroatoms. The van der Waals surface area contributed by atoms with Gasteiger partial charge in [0.15, 0.2) is 6.61 Å². The smallest absolute Gasteiger partial charge is 0.338 e. The molecular formula is C22H22N2O5S. The van der Waals surface area contributed by atoms with Crippen molar-refractivity contribution in [3.63, 3.8) is 0 Å². The molecule has 1 aromatic heterocycles. The van der Waals surface area contributed by atoms with Crippen molar-refractivity contribution in [1.82, 2.24) is 4.57 Å². The Labute approximate surface area is 175 Å². The first-order valence-corrected chi connectivity index (χ1v) is 10.7. The SMILES string of the molecule is Cc1cc(C(=O)COC(=O)c2cccc(NS(=O)(=O)c3ccccc3)c2)c(C)n1C. The Hall–Kier alpha value is -3.39. The molecule has 0 fully saturated rings. The number of aryl methyl sites for hydroxylation is 1. The third-order valence-electron chi connectivity index (χ3n) is 4.81. The molecule has 0 aliphatic carbocycles. The van der Waals surface area contributed by atoms with Crippen LogP contribution in [0, 0.1) is 13.8 Å². The van der Waals surface area contributed by atoms with E-state index in [1.165, 1.54) is 36.4 Å². The van der Waals surface area contributed by atoms with Crippen molar-refractivity contribution in [2.24, 2.45) is 7.05 Å². The summed E-state index contributed by atoms with van der Waals surface area (Å²) in [5.41, 5.74) is 2.59. The highest BCUT2D eigenvalue weighted by Crippen LogP contribution is 2.18. The van der Waals surface area contributed by atoms with Gasteiger partial charge in [-0.25, -0.2) is 13.2 Å². The summed E-state index contributed by atoms with van der Waals surface area (Å²) in [6.07, 6.45) is 0. The van der Waals surface area contributed by atoms with Gasteiger partial charge < -0.3 is 9.30 Å². The number of nitrogens with one attached hydrogen (secondary N) is 1. The second-order valence-corrected chi connectivity index (χ2v) is 8.52. The fourth-order valence-corrected chi connectivity index (χ4v) is 4.02. The molecule has 0 amide bonds. The predicted molar refractivity (Wildman–Crippen MR) is 113 cm³/mol. The second-order valence-electron chi connectivity index (χ2n) is 6.84. The highest BCUT2D eigenvalue weighted by molar-refractivity contribution is 7.92. The fourth-order valence-electron chi connectivity index (χ4n) is 2.95. The van der Waals surface area contributed by atoms with E-state index in [-0.39, 0.29) is 21.9 Å². The van der Waals surface area contributed by atoms with Gasteiger partial charge in [-0.2, -0.15) is 0 Å². The number of benzene rings is 2. The van der Waals surface area contributed by atoms with Crippen LogP contribution in [-0.4, -0.2) is 31.3 Å². The number of carbonyl (C=O) groups is 2. The summed E-state index contributed by atoms with van der Waals surface area (Å²) in [7, 11) is -1.93. The number of ketones is 1. The molecule has 1 heterocycles. The summed E-state index contributed by atoms with van der Waals surface area (Å²) in [6, 6.07) is 15.6. The summed E-state index contributed by atoms with van der Waals surface area (Å²) >= 11 is 0. The van der Waals surface area contributed by atoms with Gasteiger partial charge in [-0.1, -0.05) is 24.3 Å². The first-order valence-electron chi connectivity index (χ1n) is 9.20. The highest BCUT2D eigenvalue weighted by Gasteiger charge is 2.18. The molecule has 1 N–H and O–H groups in total. The van der Waals surface area contributed by atoms with E-state index in [9.17, 15) is 18.0 Å². The van der Waals surface area contributed by atoms with Crippen LogP contribution in [0.4, 0.5) is 5.69 Å². The number of sulfonamides is 1. The highest BCUT2D eigenvalue weighted by atomic mass is 32.2. The number of esters is 1. The van der Waals surface area contributed by atoms with Crippen molar-refractivity contribution < 1.29 is 22.7 Å². The summed E-state index contributed by atoms with van der Waals surface area (Å²) in [4.78, 5) is 24.9. The molecule has 2 aromatic carbocycles. The maximum Gasteiger partial charge on any atom is 0.338 e. The molecule has 7 nitrogen and oxygen atoms in total. The van der Waals surface area contributed by atoms with Crippen LogP contribution in [0.15, 0.2) is 65.6 Å². The lowest BCUT2D eigenvalue weighted by Crippen LogP contribution is -2.16. The van der Waals surface area contributed by atoms with Crippen molar-refractivity contribution in [3.05, 3.63) is 83.2 Å².